The van der Waals surface area contributed by atoms with E-state index < -0.39 is 18.8 Å². The predicted molar refractivity (Wildman–Crippen MR) is 57.8 cm³/mol. The first kappa shape index (κ1) is 14.4. The molecule has 0 bridgehead atoms. The van der Waals surface area contributed by atoms with Gasteiger partial charge in [0, 0.05) is 0 Å². The van der Waals surface area contributed by atoms with E-state index in [2.05, 4.69) is 4.74 Å². The zero-order valence-corrected chi connectivity index (χ0v) is 10.2. The summed E-state index contributed by atoms with van der Waals surface area (Å²) in [6, 6.07) is 2.16. The van der Waals surface area contributed by atoms with Crippen molar-refractivity contribution in [3.05, 3.63) is 32.8 Å². The van der Waals surface area contributed by atoms with Gasteiger partial charge in [-0.1, -0.05) is 34.8 Å². The minimum atomic E-state index is -4.59. The summed E-state index contributed by atoms with van der Waals surface area (Å²) < 4.78 is 39.4. The van der Waals surface area contributed by atoms with Crippen molar-refractivity contribution in [1.82, 2.24) is 0 Å². The highest BCUT2D eigenvalue weighted by Crippen LogP contribution is 2.31. The molecular formula is C9H4Cl3F3O2. The van der Waals surface area contributed by atoms with E-state index in [1.807, 2.05) is 0 Å². The van der Waals surface area contributed by atoms with Crippen molar-refractivity contribution < 1.29 is 22.7 Å². The van der Waals surface area contributed by atoms with Gasteiger partial charge in [0.2, 0.25) is 0 Å². The van der Waals surface area contributed by atoms with Crippen LogP contribution in [0.2, 0.25) is 15.1 Å². The Morgan fingerprint density at radius 3 is 2.06 bits per heavy atom. The molecule has 0 aromatic heterocycles. The van der Waals surface area contributed by atoms with Gasteiger partial charge in [-0.3, -0.25) is 0 Å². The smallest absolute Gasteiger partial charge is 0.422 e. The van der Waals surface area contributed by atoms with Crippen LogP contribution < -0.4 is 0 Å². The van der Waals surface area contributed by atoms with E-state index in [9.17, 15) is 18.0 Å². The molecule has 0 N–H and O–H groups in total. The molecule has 94 valence electrons. The second-order valence-corrected chi connectivity index (χ2v) is 4.14. The van der Waals surface area contributed by atoms with Crippen LogP contribution in [-0.4, -0.2) is 18.8 Å². The third-order valence-corrected chi connectivity index (χ3v) is 2.78. The van der Waals surface area contributed by atoms with Crippen molar-refractivity contribution in [2.75, 3.05) is 6.61 Å². The Balaban J connectivity index is 2.84. The predicted octanol–water partition coefficient (Wildman–Crippen LogP) is 4.37. The summed E-state index contributed by atoms with van der Waals surface area (Å²) in [5.74, 6) is -1.18. The first-order valence-electron chi connectivity index (χ1n) is 4.09. The number of esters is 1. The lowest BCUT2D eigenvalue weighted by molar-refractivity contribution is -0.161. The van der Waals surface area contributed by atoms with Gasteiger partial charge in [-0.25, -0.2) is 4.79 Å². The average molecular weight is 307 g/mol. The van der Waals surface area contributed by atoms with E-state index in [0.29, 0.717) is 0 Å². The zero-order valence-electron chi connectivity index (χ0n) is 7.95. The summed E-state index contributed by atoms with van der Waals surface area (Å²) >= 11 is 16.8. The molecule has 0 saturated carbocycles. The molecule has 0 atom stereocenters. The second-order valence-electron chi connectivity index (χ2n) is 2.95. The lowest BCUT2D eigenvalue weighted by atomic mass is 10.2. The average Bonchev–Trinajstić information content (AvgIpc) is 2.20. The molecule has 0 unspecified atom stereocenters. The number of alkyl halides is 3. The molecule has 1 aromatic rings. The zero-order chi connectivity index (χ0) is 13.2. The molecule has 0 fully saturated rings. The van der Waals surface area contributed by atoms with Crippen LogP contribution in [0.15, 0.2) is 12.1 Å². The van der Waals surface area contributed by atoms with Crippen LogP contribution in [0, 0.1) is 0 Å². The summed E-state index contributed by atoms with van der Waals surface area (Å²) in [4.78, 5) is 11.2. The van der Waals surface area contributed by atoms with Crippen molar-refractivity contribution in [3.8, 4) is 0 Å². The van der Waals surface area contributed by atoms with Gasteiger partial charge in [0.1, 0.15) is 0 Å². The monoisotopic (exact) mass is 306 g/mol. The van der Waals surface area contributed by atoms with Crippen molar-refractivity contribution in [1.29, 1.82) is 0 Å². The Labute approximate surface area is 109 Å². The molecule has 0 amide bonds. The lowest BCUT2D eigenvalue weighted by Crippen LogP contribution is -2.20. The van der Waals surface area contributed by atoms with Gasteiger partial charge in [-0.2, -0.15) is 13.2 Å². The topological polar surface area (TPSA) is 26.3 Å². The highest BCUT2D eigenvalue weighted by atomic mass is 35.5. The molecule has 0 radical (unpaired) electrons. The maximum absolute atomic E-state index is 11.8. The molecular weight excluding hydrogens is 303 g/mol. The maximum atomic E-state index is 11.8. The summed E-state index contributed by atoms with van der Waals surface area (Å²) in [6.45, 7) is -1.68. The lowest BCUT2D eigenvalue weighted by Gasteiger charge is -2.08. The molecule has 0 aliphatic heterocycles. The second kappa shape index (κ2) is 5.33. The van der Waals surface area contributed by atoms with Crippen LogP contribution >= 0.6 is 34.8 Å². The Morgan fingerprint density at radius 2 is 1.65 bits per heavy atom. The minimum absolute atomic E-state index is 0.0145. The van der Waals surface area contributed by atoms with Crippen LogP contribution in [0.25, 0.3) is 0 Å². The molecule has 8 heteroatoms. The SMILES string of the molecule is O=C(OCC(F)(F)F)c1cc(Cl)c(Cl)c(Cl)c1. The van der Waals surface area contributed by atoms with Gasteiger partial charge in [0.25, 0.3) is 0 Å². The van der Waals surface area contributed by atoms with Gasteiger partial charge < -0.3 is 4.74 Å². The largest absolute Gasteiger partial charge is 0.452 e. The van der Waals surface area contributed by atoms with Gasteiger partial charge in [-0.05, 0) is 12.1 Å². The fraction of sp³-hybridized carbons (Fsp3) is 0.222. The van der Waals surface area contributed by atoms with E-state index >= 15 is 0 Å². The van der Waals surface area contributed by atoms with E-state index in [4.69, 9.17) is 34.8 Å². The summed E-state index contributed by atoms with van der Waals surface area (Å²) in [6.07, 6.45) is -4.59. The fourth-order valence-electron chi connectivity index (χ4n) is 0.904. The van der Waals surface area contributed by atoms with E-state index in [0.717, 1.165) is 12.1 Å². The summed E-state index contributed by atoms with van der Waals surface area (Å²) in [5.41, 5.74) is -0.200. The third-order valence-electron chi connectivity index (χ3n) is 1.59. The van der Waals surface area contributed by atoms with Gasteiger partial charge in [0.15, 0.2) is 6.61 Å². The standard InChI is InChI=1S/C9H4Cl3F3O2/c10-5-1-4(2-6(11)7(5)12)8(16)17-3-9(13,14)15/h1-2H,3H2. The quantitative estimate of drug-likeness (QED) is 0.599. The number of hydrogen-bond donors (Lipinski definition) is 0. The van der Waals surface area contributed by atoms with E-state index in [1.54, 1.807) is 0 Å². The van der Waals surface area contributed by atoms with Gasteiger partial charge in [0.05, 0.1) is 20.6 Å². The van der Waals surface area contributed by atoms with Crippen LogP contribution in [-0.2, 0) is 4.74 Å². The summed E-state index contributed by atoms with van der Waals surface area (Å²) in [7, 11) is 0. The Hall–Kier alpha value is -0.650. The Morgan fingerprint density at radius 1 is 1.18 bits per heavy atom. The van der Waals surface area contributed by atoms with Gasteiger partial charge >= 0.3 is 12.1 Å². The molecule has 1 aromatic carbocycles. The molecule has 0 aliphatic rings. The van der Waals surface area contributed by atoms with Crippen LogP contribution in [0.3, 0.4) is 0 Å². The normalized spacial score (nSPS) is 11.4. The summed E-state index contributed by atoms with van der Waals surface area (Å²) in [5, 5.41) is -0.0723. The van der Waals surface area contributed by atoms with Crippen LogP contribution in [0.4, 0.5) is 13.2 Å². The van der Waals surface area contributed by atoms with Crippen molar-refractivity contribution >= 4 is 40.8 Å². The van der Waals surface area contributed by atoms with Crippen LogP contribution in [0.5, 0.6) is 0 Å². The number of hydrogen-bond acceptors (Lipinski definition) is 2. The maximum Gasteiger partial charge on any atom is 0.422 e. The van der Waals surface area contributed by atoms with Gasteiger partial charge in [-0.15, -0.1) is 0 Å². The number of carbonyl (C=O) groups is 1. The molecule has 0 aliphatic carbocycles. The van der Waals surface area contributed by atoms with Crippen molar-refractivity contribution in [3.63, 3.8) is 0 Å². The Bertz CT molecular complexity index is 423. The number of benzene rings is 1. The van der Waals surface area contributed by atoms with Crippen molar-refractivity contribution in [2.45, 2.75) is 6.18 Å². The van der Waals surface area contributed by atoms with Crippen molar-refractivity contribution in [2.24, 2.45) is 0 Å². The van der Waals surface area contributed by atoms with E-state index in [-0.39, 0.29) is 20.6 Å². The molecule has 0 saturated heterocycles. The Kier molecular flexibility index (Phi) is 4.52. The number of ether oxygens (including phenoxy) is 1. The third kappa shape index (κ3) is 4.26. The molecule has 0 heterocycles. The molecule has 17 heavy (non-hydrogen) atoms. The number of carbonyl (C=O) groups excluding carboxylic acids is 1. The minimum Gasteiger partial charge on any atom is -0.452 e. The molecule has 0 spiro atoms. The fourth-order valence-corrected chi connectivity index (χ4v) is 1.50. The number of rotatable bonds is 2. The highest BCUT2D eigenvalue weighted by molar-refractivity contribution is 6.48. The molecule has 2 nitrogen and oxygen atoms in total. The number of halogens is 6. The van der Waals surface area contributed by atoms with Crippen LogP contribution in [0.1, 0.15) is 10.4 Å². The highest BCUT2D eigenvalue weighted by Gasteiger charge is 2.30. The first-order chi connectivity index (χ1) is 7.70. The molecule has 1 rings (SSSR count). The van der Waals surface area contributed by atoms with E-state index in [1.165, 1.54) is 0 Å². The first-order valence-corrected chi connectivity index (χ1v) is 5.22.